The zero-order valence-corrected chi connectivity index (χ0v) is 24.8. The molecule has 11 heteroatoms. The number of amides is 3. The van der Waals surface area contributed by atoms with E-state index in [0.717, 1.165) is 5.56 Å². The number of carbonyl (C=O) groups excluding carboxylic acids is 3. The number of nitrogens with zero attached hydrogens (tertiary/aromatic N) is 3. The quantitative estimate of drug-likeness (QED) is 0.310. The molecule has 0 bridgehead atoms. The number of benzene rings is 2. The Bertz CT molecular complexity index is 1880. The molecule has 44 heavy (non-hydrogen) atoms. The third kappa shape index (κ3) is 7.47. The predicted molar refractivity (Wildman–Crippen MR) is 164 cm³/mol. The number of β-amino-alcohol motifs (C(OH)–C–C–N with tert-alkyl or cyclic N) is 1. The monoisotopic (exact) mass is 610 g/mol. The Morgan fingerprint density at radius 2 is 1.86 bits per heavy atom. The average Bonchev–Trinajstić information content (AvgIpc) is 3.46. The second-order valence-corrected chi connectivity index (χ2v) is 12.5. The van der Waals surface area contributed by atoms with Crippen molar-refractivity contribution in [2.24, 2.45) is 4.36 Å². The summed E-state index contributed by atoms with van der Waals surface area (Å²) in [5, 5.41) is 12.8. The van der Waals surface area contributed by atoms with Crippen LogP contribution >= 0.6 is 0 Å². The number of hydrogen-bond acceptors (Lipinski definition) is 7. The first kappa shape index (κ1) is 30.4. The van der Waals surface area contributed by atoms with Crippen molar-refractivity contribution < 1.29 is 28.1 Å². The third-order valence-electron chi connectivity index (χ3n) is 6.94. The Kier molecular flexibility index (Phi) is 9.33. The number of carbonyl (C=O) groups is 3. The van der Waals surface area contributed by atoms with Crippen molar-refractivity contribution in [1.29, 1.82) is 0 Å². The lowest BCUT2D eigenvalue weighted by molar-refractivity contribution is -0.131. The summed E-state index contributed by atoms with van der Waals surface area (Å²) in [6.45, 7) is 2.38. The number of hydrogen-bond donors (Lipinski definition) is 2. The number of aryl methyl sites for hydroxylation is 1. The second-order valence-electron chi connectivity index (χ2n) is 10.3. The molecule has 0 spiro atoms. The van der Waals surface area contributed by atoms with Crippen molar-refractivity contribution >= 4 is 33.1 Å². The van der Waals surface area contributed by atoms with Gasteiger partial charge < -0.3 is 19.7 Å². The highest BCUT2D eigenvalue weighted by molar-refractivity contribution is 7.94. The number of likely N-dealkylation sites (tertiary alicyclic amines) is 1. The number of aliphatic hydroxyl groups excluding tert-OH is 1. The number of nitrogens with one attached hydrogen (secondary N) is 1. The van der Waals surface area contributed by atoms with Crippen LogP contribution in [0.15, 0.2) is 99.1 Å². The highest BCUT2D eigenvalue weighted by Crippen LogP contribution is 2.19. The zero-order chi connectivity index (χ0) is 31.1. The predicted octanol–water partition coefficient (Wildman–Crippen LogP) is 4.29. The maximum atomic E-state index is 14.1. The largest absolute Gasteiger partial charge is 0.459 e. The van der Waals surface area contributed by atoms with Crippen LogP contribution in [0.4, 0.5) is 5.69 Å². The molecule has 3 heterocycles. The molecule has 1 aliphatic heterocycles. The highest BCUT2D eigenvalue weighted by Gasteiger charge is 2.27. The SMILES string of the molecule is Cc1ccoc1C(=O)Nc1cccc(C#Cc2cncc(C(=O)N=[S@](=O)(CC(=O)N3CCCC(O)C3)c3ccccc3)c2)c1. The summed E-state index contributed by atoms with van der Waals surface area (Å²) in [6.07, 6.45) is 4.83. The number of pyridine rings is 1. The van der Waals surface area contributed by atoms with Gasteiger partial charge in [0.05, 0.1) is 27.7 Å². The molecule has 2 N–H and O–H groups in total. The number of rotatable bonds is 6. The maximum absolute atomic E-state index is 14.1. The first-order valence-electron chi connectivity index (χ1n) is 13.9. The van der Waals surface area contributed by atoms with E-state index >= 15 is 0 Å². The third-order valence-corrected chi connectivity index (χ3v) is 9.04. The van der Waals surface area contributed by atoms with Crippen molar-refractivity contribution in [1.82, 2.24) is 9.88 Å². The van der Waals surface area contributed by atoms with E-state index in [1.165, 1.54) is 29.6 Å². The van der Waals surface area contributed by atoms with Crippen molar-refractivity contribution in [2.75, 3.05) is 24.2 Å². The lowest BCUT2D eigenvalue weighted by atomic mass is 10.1. The van der Waals surface area contributed by atoms with Crippen LogP contribution in [0.2, 0.25) is 0 Å². The highest BCUT2D eigenvalue weighted by atomic mass is 32.2. The molecule has 1 aliphatic rings. The van der Waals surface area contributed by atoms with Crippen LogP contribution in [0, 0.1) is 18.8 Å². The molecule has 10 nitrogen and oxygen atoms in total. The zero-order valence-electron chi connectivity index (χ0n) is 23.9. The van der Waals surface area contributed by atoms with Crippen LogP contribution in [-0.2, 0) is 14.5 Å². The van der Waals surface area contributed by atoms with E-state index < -0.39 is 33.4 Å². The molecule has 1 fully saturated rings. The Labute approximate surface area is 255 Å². The van der Waals surface area contributed by atoms with Gasteiger partial charge in [0, 0.05) is 52.8 Å². The fourth-order valence-electron chi connectivity index (χ4n) is 4.67. The molecule has 0 aliphatic carbocycles. The number of anilines is 1. The average molecular weight is 611 g/mol. The van der Waals surface area contributed by atoms with Crippen LogP contribution in [0.3, 0.4) is 0 Å². The molecule has 1 saturated heterocycles. The summed E-state index contributed by atoms with van der Waals surface area (Å²) < 4.78 is 23.4. The molecule has 4 aromatic rings. The Morgan fingerprint density at radius 3 is 2.61 bits per heavy atom. The van der Waals surface area contributed by atoms with E-state index in [0.29, 0.717) is 36.2 Å². The van der Waals surface area contributed by atoms with Crippen molar-refractivity contribution in [3.8, 4) is 11.8 Å². The fourth-order valence-corrected chi connectivity index (χ4v) is 6.48. The first-order valence-corrected chi connectivity index (χ1v) is 15.6. The summed E-state index contributed by atoms with van der Waals surface area (Å²) in [5.74, 6) is 4.07. The van der Waals surface area contributed by atoms with Gasteiger partial charge in [0.1, 0.15) is 5.75 Å². The minimum Gasteiger partial charge on any atom is -0.459 e. The molecule has 2 aromatic carbocycles. The Balaban J connectivity index is 1.36. The lowest BCUT2D eigenvalue weighted by Crippen LogP contribution is -2.44. The topological polar surface area (TPSA) is 142 Å². The number of aliphatic hydroxyl groups is 1. The molecular formula is C33H30N4O6S. The molecule has 1 unspecified atom stereocenters. The number of aromatic nitrogens is 1. The van der Waals surface area contributed by atoms with E-state index in [2.05, 4.69) is 26.5 Å². The van der Waals surface area contributed by atoms with Gasteiger partial charge in [-0.25, -0.2) is 4.21 Å². The van der Waals surface area contributed by atoms with Crippen LogP contribution in [0.1, 0.15) is 50.4 Å². The number of furan rings is 1. The van der Waals surface area contributed by atoms with Crippen molar-refractivity contribution in [3.05, 3.63) is 113 Å². The van der Waals surface area contributed by atoms with Crippen LogP contribution in [0.25, 0.3) is 0 Å². The summed E-state index contributed by atoms with van der Waals surface area (Å²) >= 11 is 0. The van der Waals surface area contributed by atoms with E-state index in [1.807, 2.05) is 0 Å². The normalized spacial score (nSPS) is 15.8. The van der Waals surface area contributed by atoms with Gasteiger partial charge >= 0.3 is 0 Å². The van der Waals surface area contributed by atoms with Crippen LogP contribution < -0.4 is 5.32 Å². The summed E-state index contributed by atoms with van der Waals surface area (Å²) in [5.41, 5.74) is 2.34. The summed E-state index contributed by atoms with van der Waals surface area (Å²) in [4.78, 5) is 44.7. The smallest absolute Gasteiger partial charge is 0.291 e. The van der Waals surface area contributed by atoms with Crippen molar-refractivity contribution in [3.63, 3.8) is 0 Å². The fraction of sp³-hybridized carbons (Fsp3) is 0.212. The summed E-state index contributed by atoms with van der Waals surface area (Å²) in [6, 6.07) is 18.4. The van der Waals surface area contributed by atoms with Gasteiger partial charge in [-0.05, 0) is 62.2 Å². The lowest BCUT2D eigenvalue weighted by Gasteiger charge is -2.30. The Hall–Kier alpha value is -5.05. The molecule has 2 aromatic heterocycles. The van der Waals surface area contributed by atoms with Gasteiger partial charge in [-0.2, -0.15) is 4.36 Å². The van der Waals surface area contributed by atoms with E-state index in [-0.39, 0.29) is 28.7 Å². The molecule has 2 atom stereocenters. The standard InChI is InChI=1S/C33H30N4O6S/c1-23-14-16-43-31(23)33(41)35-27-8-5-7-24(18-27)12-13-25-17-26(20-34-19-25)32(40)36-44(42,29-10-3-2-4-11-29)22-30(39)37-15-6-9-28(38)21-37/h2-5,7-8,10-11,14,16-20,28,38H,6,9,15,21-22H2,1H3,(H,35,41)/t28?,44-/m0/s1. The second kappa shape index (κ2) is 13.5. The van der Waals surface area contributed by atoms with Gasteiger partial charge in [0.15, 0.2) is 5.76 Å². The number of piperidine rings is 1. The molecule has 0 radical (unpaired) electrons. The van der Waals surface area contributed by atoms with E-state index in [9.17, 15) is 23.7 Å². The molecular weight excluding hydrogens is 580 g/mol. The Morgan fingerprint density at radius 1 is 1.07 bits per heavy atom. The minimum atomic E-state index is -3.49. The van der Waals surface area contributed by atoms with Crippen molar-refractivity contribution in [2.45, 2.75) is 30.8 Å². The van der Waals surface area contributed by atoms with Crippen LogP contribution in [-0.4, -0.2) is 61.9 Å². The molecule has 3 amide bonds. The molecule has 0 saturated carbocycles. The molecule has 5 rings (SSSR count). The van der Waals surface area contributed by atoms with E-state index in [1.54, 1.807) is 67.6 Å². The van der Waals surface area contributed by atoms with Gasteiger partial charge in [0.2, 0.25) is 5.91 Å². The summed E-state index contributed by atoms with van der Waals surface area (Å²) in [7, 11) is -3.49. The maximum Gasteiger partial charge on any atom is 0.291 e. The van der Waals surface area contributed by atoms with Gasteiger partial charge in [0.25, 0.3) is 11.8 Å². The van der Waals surface area contributed by atoms with E-state index in [4.69, 9.17) is 4.42 Å². The van der Waals surface area contributed by atoms with Gasteiger partial charge in [-0.15, -0.1) is 0 Å². The first-order chi connectivity index (χ1) is 21.2. The molecule has 224 valence electrons. The van der Waals surface area contributed by atoms with Crippen LogP contribution in [0.5, 0.6) is 0 Å². The minimum absolute atomic E-state index is 0.0659. The van der Waals surface area contributed by atoms with Gasteiger partial charge in [-0.3, -0.25) is 19.4 Å². The van der Waals surface area contributed by atoms with Gasteiger partial charge in [-0.1, -0.05) is 36.1 Å².